The molecule has 5 nitrogen and oxygen atoms in total. The van der Waals surface area contributed by atoms with Gasteiger partial charge in [-0.05, 0) is 39.0 Å². The molecule has 138 valence electrons. The zero-order chi connectivity index (χ0) is 18.4. The summed E-state index contributed by atoms with van der Waals surface area (Å²) < 4.78 is 1.94. The van der Waals surface area contributed by atoms with E-state index in [2.05, 4.69) is 21.6 Å². The van der Waals surface area contributed by atoms with Gasteiger partial charge in [-0.3, -0.25) is 4.79 Å². The quantitative estimate of drug-likeness (QED) is 0.592. The Morgan fingerprint density at radius 2 is 2.08 bits per heavy atom. The molecule has 1 aliphatic carbocycles. The van der Waals surface area contributed by atoms with E-state index in [-0.39, 0.29) is 11.2 Å². The Labute approximate surface area is 159 Å². The van der Waals surface area contributed by atoms with Crippen LogP contribution in [0.5, 0.6) is 0 Å². The van der Waals surface area contributed by atoms with Gasteiger partial charge < -0.3 is 9.88 Å². The van der Waals surface area contributed by atoms with Crippen molar-refractivity contribution in [3.63, 3.8) is 0 Å². The molecule has 1 unspecified atom stereocenters. The topological polar surface area (TPSA) is 59.8 Å². The van der Waals surface area contributed by atoms with Crippen molar-refractivity contribution < 1.29 is 4.79 Å². The van der Waals surface area contributed by atoms with E-state index in [0.717, 1.165) is 23.0 Å². The Hall–Kier alpha value is -2.08. The molecule has 0 saturated heterocycles. The minimum atomic E-state index is -0.207. The fraction of sp³-hybridized carbons (Fsp3) is 0.450. The minimum Gasteiger partial charge on any atom is -0.355 e. The van der Waals surface area contributed by atoms with Gasteiger partial charge in [0.15, 0.2) is 11.0 Å². The number of hydrogen-bond donors (Lipinski definition) is 1. The lowest BCUT2D eigenvalue weighted by atomic mass is 9.97. The zero-order valence-corrected chi connectivity index (χ0v) is 16.3. The zero-order valence-electron chi connectivity index (χ0n) is 15.4. The van der Waals surface area contributed by atoms with Crippen molar-refractivity contribution >= 4 is 17.7 Å². The van der Waals surface area contributed by atoms with Gasteiger partial charge in [0, 0.05) is 19.2 Å². The number of rotatable bonds is 7. The third-order valence-corrected chi connectivity index (χ3v) is 5.78. The Morgan fingerprint density at radius 1 is 1.27 bits per heavy atom. The van der Waals surface area contributed by atoms with Gasteiger partial charge in [0.1, 0.15) is 0 Å². The summed E-state index contributed by atoms with van der Waals surface area (Å²) in [7, 11) is 1.94. The minimum absolute atomic E-state index is 0.0515. The summed E-state index contributed by atoms with van der Waals surface area (Å²) in [6.07, 6.45) is 8.24. The van der Waals surface area contributed by atoms with Gasteiger partial charge in [-0.25, -0.2) is 0 Å². The van der Waals surface area contributed by atoms with E-state index in [1.165, 1.54) is 43.0 Å². The second-order valence-electron chi connectivity index (χ2n) is 6.64. The smallest absolute Gasteiger partial charge is 0.233 e. The van der Waals surface area contributed by atoms with Crippen molar-refractivity contribution in [2.75, 3.05) is 6.54 Å². The van der Waals surface area contributed by atoms with Gasteiger partial charge in [0.2, 0.25) is 5.91 Å². The molecule has 1 heterocycles. The number of amides is 1. The van der Waals surface area contributed by atoms with Crippen LogP contribution in [0.15, 0.2) is 47.1 Å². The number of nitrogens with zero attached hydrogens (tertiary/aromatic N) is 3. The molecular weight excluding hydrogens is 344 g/mol. The number of thioether (sulfide) groups is 1. The SMILES string of the molecule is CC(Sc1nnc(-c2ccccc2)n1C)C(=O)NCCC1=CCCCC1. The fourth-order valence-electron chi connectivity index (χ4n) is 3.09. The monoisotopic (exact) mass is 370 g/mol. The van der Waals surface area contributed by atoms with Gasteiger partial charge >= 0.3 is 0 Å². The summed E-state index contributed by atoms with van der Waals surface area (Å²) in [6.45, 7) is 2.63. The number of benzene rings is 1. The Morgan fingerprint density at radius 3 is 2.81 bits per heavy atom. The molecule has 0 saturated carbocycles. The van der Waals surface area contributed by atoms with E-state index in [1.807, 2.05) is 48.9 Å². The average Bonchev–Trinajstić information content (AvgIpc) is 3.03. The number of nitrogens with one attached hydrogen (secondary N) is 1. The Balaban J connectivity index is 1.52. The first-order valence-electron chi connectivity index (χ1n) is 9.22. The molecule has 0 aliphatic heterocycles. The maximum absolute atomic E-state index is 12.4. The van der Waals surface area contributed by atoms with Crippen LogP contribution in [0.25, 0.3) is 11.4 Å². The van der Waals surface area contributed by atoms with Crippen LogP contribution in [0.2, 0.25) is 0 Å². The molecule has 1 N–H and O–H groups in total. The van der Waals surface area contributed by atoms with Crippen LogP contribution in [-0.4, -0.2) is 32.5 Å². The highest BCUT2D eigenvalue weighted by molar-refractivity contribution is 8.00. The van der Waals surface area contributed by atoms with Crippen LogP contribution >= 0.6 is 11.8 Å². The highest BCUT2D eigenvalue weighted by Gasteiger charge is 2.19. The van der Waals surface area contributed by atoms with Gasteiger partial charge in [-0.1, -0.05) is 53.7 Å². The lowest BCUT2D eigenvalue weighted by molar-refractivity contribution is -0.120. The van der Waals surface area contributed by atoms with Crippen molar-refractivity contribution in [1.29, 1.82) is 0 Å². The first kappa shape index (κ1) is 18.7. The van der Waals surface area contributed by atoms with Crippen molar-refractivity contribution in [3.05, 3.63) is 42.0 Å². The highest BCUT2D eigenvalue weighted by atomic mass is 32.2. The number of allylic oxidation sites excluding steroid dienone is 1. The number of aromatic nitrogens is 3. The van der Waals surface area contributed by atoms with Gasteiger partial charge in [0.25, 0.3) is 0 Å². The predicted molar refractivity (Wildman–Crippen MR) is 106 cm³/mol. The van der Waals surface area contributed by atoms with E-state index in [4.69, 9.17) is 0 Å². The number of carbonyl (C=O) groups excluding carboxylic acids is 1. The molecule has 1 amide bonds. The summed E-state index contributed by atoms with van der Waals surface area (Å²) in [6, 6.07) is 9.96. The Kier molecular flexibility index (Phi) is 6.50. The molecule has 0 radical (unpaired) electrons. The van der Waals surface area contributed by atoms with Gasteiger partial charge in [-0.15, -0.1) is 10.2 Å². The lowest BCUT2D eigenvalue weighted by Crippen LogP contribution is -2.32. The first-order chi connectivity index (χ1) is 12.6. The number of hydrogen-bond acceptors (Lipinski definition) is 4. The van der Waals surface area contributed by atoms with E-state index < -0.39 is 0 Å². The standard InChI is InChI=1S/C20H26N4OS/c1-15(19(25)21-14-13-16-9-5-3-6-10-16)26-20-23-22-18(24(20)2)17-11-7-4-8-12-17/h4,7-9,11-12,15H,3,5-6,10,13-14H2,1-2H3,(H,21,25). The van der Waals surface area contributed by atoms with Gasteiger partial charge in [-0.2, -0.15) is 0 Å². The van der Waals surface area contributed by atoms with Crippen molar-refractivity contribution in [1.82, 2.24) is 20.1 Å². The van der Waals surface area contributed by atoms with E-state index in [0.29, 0.717) is 6.54 Å². The normalized spacial score (nSPS) is 15.4. The van der Waals surface area contributed by atoms with Crippen molar-refractivity contribution in [2.24, 2.45) is 7.05 Å². The summed E-state index contributed by atoms with van der Waals surface area (Å²) in [5.41, 5.74) is 2.50. The fourth-order valence-corrected chi connectivity index (χ4v) is 3.93. The molecule has 1 atom stereocenters. The van der Waals surface area contributed by atoms with Crippen molar-refractivity contribution in [2.45, 2.75) is 49.4 Å². The summed E-state index contributed by atoms with van der Waals surface area (Å²) in [4.78, 5) is 12.4. The number of carbonyl (C=O) groups is 1. The van der Waals surface area contributed by atoms with Crippen LogP contribution in [-0.2, 0) is 11.8 Å². The van der Waals surface area contributed by atoms with Crippen molar-refractivity contribution in [3.8, 4) is 11.4 Å². The highest BCUT2D eigenvalue weighted by Crippen LogP contribution is 2.25. The van der Waals surface area contributed by atoms with E-state index >= 15 is 0 Å². The molecule has 1 aliphatic rings. The van der Waals surface area contributed by atoms with Crippen LogP contribution in [0.3, 0.4) is 0 Å². The second kappa shape index (κ2) is 9.03. The molecule has 2 aromatic rings. The average molecular weight is 371 g/mol. The molecule has 1 aromatic heterocycles. The summed E-state index contributed by atoms with van der Waals surface area (Å²) in [5.74, 6) is 0.862. The molecule has 1 aromatic carbocycles. The Bertz CT molecular complexity index is 769. The summed E-state index contributed by atoms with van der Waals surface area (Å²) >= 11 is 1.44. The maximum atomic E-state index is 12.4. The molecule has 26 heavy (non-hydrogen) atoms. The third-order valence-electron chi connectivity index (χ3n) is 4.65. The molecule has 3 rings (SSSR count). The lowest BCUT2D eigenvalue weighted by Gasteiger charge is -2.14. The molecule has 0 fully saturated rings. The molecule has 0 bridgehead atoms. The van der Waals surface area contributed by atoms with Crippen LogP contribution in [0, 0.1) is 0 Å². The van der Waals surface area contributed by atoms with Crippen LogP contribution in [0.1, 0.15) is 39.0 Å². The first-order valence-corrected chi connectivity index (χ1v) is 10.1. The molecule has 6 heteroatoms. The third kappa shape index (κ3) is 4.75. The van der Waals surface area contributed by atoms with E-state index in [9.17, 15) is 4.79 Å². The van der Waals surface area contributed by atoms with Gasteiger partial charge in [0.05, 0.1) is 5.25 Å². The second-order valence-corrected chi connectivity index (χ2v) is 7.95. The molecular formula is C20H26N4OS. The largest absolute Gasteiger partial charge is 0.355 e. The predicted octanol–water partition coefficient (Wildman–Crippen LogP) is 3.97. The van der Waals surface area contributed by atoms with E-state index in [1.54, 1.807) is 0 Å². The maximum Gasteiger partial charge on any atom is 0.233 e. The summed E-state index contributed by atoms with van der Waals surface area (Å²) in [5, 5.41) is 12.1. The molecule has 0 spiro atoms. The van der Waals surface area contributed by atoms with Crippen LogP contribution < -0.4 is 5.32 Å². The van der Waals surface area contributed by atoms with Crippen LogP contribution in [0.4, 0.5) is 0 Å².